The third-order valence-electron chi connectivity index (χ3n) is 4.61. The molecule has 1 unspecified atom stereocenters. The van der Waals surface area contributed by atoms with E-state index >= 15 is 0 Å². The van der Waals surface area contributed by atoms with Crippen molar-refractivity contribution in [1.82, 2.24) is 5.32 Å². The van der Waals surface area contributed by atoms with Crippen molar-refractivity contribution in [1.29, 1.82) is 0 Å². The van der Waals surface area contributed by atoms with Crippen molar-refractivity contribution < 1.29 is 0 Å². The molecule has 0 spiro atoms. The number of hydrogen-bond donors (Lipinski definition) is 1. The Morgan fingerprint density at radius 3 is 2.47 bits per heavy atom. The van der Waals surface area contributed by atoms with Crippen LogP contribution in [0.1, 0.15) is 57.1 Å². The molecule has 1 N–H and O–H groups in total. The second-order valence-electron chi connectivity index (χ2n) is 5.86. The summed E-state index contributed by atoms with van der Waals surface area (Å²) >= 11 is 6.36. The van der Waals surface area contributed by atoms with Crippen LogP contribution < -0.4 is 5.32 Å². The minimum atomic E-state index is 0.413. The summed E-state index contributed by atoms with van der Waals surface area (Å²) in [7, 11) is 2.06. The van der Waals surface area contributed by atoms with E-state index in [0.29, 0.717) is 6.04 Å². The van der Waals surface area contributed by atoms with Crippen LogP contribution >= 0.6 is 11.6 Å². The SMILES string of the molecule is CCCC1CCC(C(NC)c2ccccc2Cl)CC1. The highest BCUT2D eigenvalue weighted by atomic mass is 35.5. The van der Waals surface area contributed by atoms with Crippen molar-refractivity contribution >= 4 is 11.6 Å². The molecule has 106 valence electrons. The van der Waals surface area contributed by atoms with Crippen LogP contribution in [0.2, 0.25) is 5.02 Å². The normalized spacial score (nSPS) is 25.2. The number of rotatable bonds is 5. The van der Waals surface area contributed by atoms with E-state index in [1.54, 1.807) is 0 Å². The van der Waals surface area contributed by atoms with Crippen LogP contribution in [0.15, 0.2) is 24.3 Å². The van der Waals surface area contributed by atoms with Gasteiger partial charge in [0, 0.05) is 11.1 Å². The maximum Gasteiger partial charge on any atom is 0.0453 e. The van der Waals surface area contributed by atoms with Gasteiger partial charge in [0.15, 0.2) is 0 Å². The predicted molar refractivity (Wildman–Crippen MR) is 83.6 cm³/mol. The minimum absolute atomic E-state index is 0.413. The molecule has 1 saturated carbocycles. The Bertz CT molecular complexity index is 383. The van der Waals surface area contributed by atoms with Crippen LogP contribution in [0.25, 0.3) is 0 Å². The van der Waals surface area contributed by atoms with Crippen molar-refractivity contribution in [3.8, 4) is 0 Å². The monoisotopic (exact) mass is 279 g/mol. The number of benzene rings is 1. The minimum Gasteiger partial charge on any atom is -0.313 e. The highest BCUT2D eigenvalue weighted by molar-refractivity contribution is 6.31. The summed E-state index contributed by atoms with van der Waals surface area (Å²) in [6, 6.07) is 8.69. The molecule has 1 aromatic rings. The average molecular weight is 280 g/mol. The molecule has 0 saturated heterocycles. The van der Waals surface area contributed by atoms with Gasteiger partial charge in [-0.25, -0.2) is 0 Å². The Kier molecular flexibility index (Phi) is 5.72. The molecule has 1 aliphatic rings. The van der Waals surface area contributed by atoms with Crippen LogP contribution in [0, 0.1) is 11.8 Å². The van der Waals surface area contributed by atoms with E-state index in [-0.39, 0.29) is 0 Å². The fourth-order valence-electron chi connectivity index (χ4n) is 3.59. The quantitative estimate of drug-likeness (QED) is 0.780. The van der Waals surface area contributed by atoms with Crippen molar-refractivity contribution in [2.24, 2.45) is 11.8 Å². The molecule has 0 bridgehead atoms. The molecule has 1 fully saturated rings. The van der Waals surface area contributed by atoms with Gasteiger partial charge in [-0.15, -0.1) is 0 Å². The number of halogens is 1. The molecule has 2 heteroatoms. The first-order chi connectivity index (χ1) is 9.26. The van der Waals surface area contributed by atoms with Gasteiger partial charge in [0.25, 0.3) is 0 Å². The summed E-state index contributed by atoms with van der Waals surface area (Å²) in [5.74, 6) is 1.70. The van der Waals surface area contributed by atoms with Crippen molar-refractivity contribution in [3.63, 3.8) is 0 Å². The Balaban J connectivity index is 2.02. The molecular formula is C17H26ClN. The zero-order valence-electron chi connectivity index (χ0n) is 12.2. The largest absolute Gasteiger partial charge is 0.313 e. The van der Waals surface area contributed by atoms with E-state index < -0.39 is 0 Å². The lowest BCUT2D eigenvalue weighted by Crippen LogP contribution is -2.29. The summed E-state index contributed by atoms with van der Waals surface area (Å²) in [6.45, 7) is 2.30. The van der Waals surface area contributed by atoms with E-state index in [1.165, 1.54) is 44.1 Å². The summed E-state index contributed by atoms with van der Waals surface area (Å²) < 4.78 is 0. The van der Waals surface area contributed by atoms with E-state index in [1.807, 2.05) is 12.1 Å². The lowest BCUT2D eigenvalue weighted by atomic mass is 9.75. The molecule has 0 radical (unpaired) electrons. The molecule has 0 aromatic heterocycles. The lowest BCUT2D eigenvalue weighted by Gasteiger charge is -2.34. The predicted octanol–water partition coefficient (Wildman–Crippen LogP) is 5.21. The van der Waals surface area contributed by atoms with Gasteiger partial charge >= 0.3 is 0 Å². The first kappa shape index (κ1) is 14.9. The molecule has 1 aromatic carbocycles. The second kappa shape index (κ2) is 7.31. The van der Waals surface area contributed by atoms with Gasteiger partial charge in [0.1, 0.15) is 0 Å². The van der Waals surface area contributed by atoms with Crippen molar-refractivity contribution in [2.75, 3.05) is 7.05 Å². The maximum atomic E-state index is 6.36. The van der Waals surface area contributed by atoms with Gasteiger partial charge < -0.3 is 5.32 Å². The molecule has 19 heavy (non-hydrogen) atoms. The van der Waals surface area contributed by atoms with Gasteiger partial charge in [-0.1, -0.05) is 62.4 Å². The maximum absolute atomic E-state index is 6.36. The molecule has 0 heterocycles. The summed E-state index contributed by atoms with van der Waals surface area (Å²) in [5.41, 5.74) is 1.27. The molecule has 0 amide bonds. The first-order valence-electron chi connectivity index (χ1n) is 7.68. The van der Waals surface area contributed by atoms with Crippen LogP contribution in [0.4, 0.5) is 0 Å². The number of hydrogen-bond acceptors (Lipinski definition) is 1. The van der Waals surface area contributed by atoms with Crippen molar-refractivity contribution in [3.05, 3.63) is 34.9 Å². The van der Waals surface area contributed by atoms with Gasteiger partial charge in [-0.3, -0.25) is 0 Å². The number of nitrogens with one attached hydrogen (secondary N) is 1. The highest BCUT2D eigenvalue weighted by Crippen LogP contribution is 2.39. The van der Waals surface area contributed by atoms with Gasteiger partial charge in [0.05, 0.1) is 0 Å². The Hall–Kier alpha value is -0.530. The average Bonchev–Trinajstić information content (AvgIpc) is 2.44. The van der Waals surface area contributed by atoms with Gasteiger partial charge in [-0.05, 0) is 43.4 Å². The van der Waals surface area contributed by atoms with Gasteiger partial charge in [0.2, 0.25) is 0 Å². The highest BCUT2D eigenvalue weighted by Gasteiger charge is 2.28. The lowest BCUT2D eigenvalue weighted by molar-refractivity contribution is 0.219. The smallest absolute Gasteiger partial charge is 0.0453 e. The molecular weight excluding hydrogens is 254 g/mol. The zero-order chi connectivity index (χ0) is 13.7. The van der Waals surface area contributed by atoms with Crippen LogP contribution in [-0.4, -0.2) is 7.05 Å². The van der Waals surface area contributed by atoms with E-state index in [2.05, 4.69) is 31.4 Å². The molecule has 1 atom stereocenters. The summed E-state index contributed by atoms with van der Waals surface area (Å²) in [6.07, 6.45) is 8.18. The third-order valence-corrected chi connectivity index (χ3v) is 4.96. The Morgan fingerprint density at radius 2 is 1.89 bits per heavy atom. The van der Waals surface area contributed by atoms with E-state index in [0.717, 1.165) is 16.9 Å². The first-order valence-corrected chi connectivity index (χ1v) is 8.05. The topological polar surface area (TPSA) is 12.0 Å². The molecule has 0 aliphatic heterocycles. The Morgan fingerprint density at radius 1 is 1.21 bits per heavy atom. The van der Waals surface area contributed by atoms with Crippen LogP contribution in [0.3, 0.4) is 0 Å². The van der Waals surface area contributed by atoms with Crippen LogP contribution in [-0.2, 0) is 0 Å². The van der Waals surface area contributed by atoms with Crippen LogP contribution in [0.5, 0.6) is 0 Å². The van der Waals surface area contributed by atoms with E-state index in [9.17, 15) is 0 Å². The fraction of sp³-hybridized carbons (Fsp3) is 0.647. The zero-order valence-corrected chi connectivity index (χ0v) is 12.9. The molecule has 1 aliphatic carbocycles. The van der Waals surface area contributed by atoms with Gasteiger partial charge in [-0.2, -0.15) is 0 Å². The molecule has 1 nitrogen and oxygen atoms in total. The standard InChI is InChI=1S/C17H26ClN/c1-3-6-13-9-11-14(12-10-13)17(19-2)15-7-4-5-8-16(15)18/h4-5,7-8,13-14,17,19H,3,6,9-12H2,1-2H3. The second-order valence-corrected chi connectivity index (χ2v) is 6.26. The summed E-state index contributed by atoms with van der Waals surface area (Å²) in [4.78, 5) is 0. The Labute approximate surface area is 122 Å². The third kappa shape index (κ3) is 3.73. The fourth-order valence-corrected chi connectivity index (χ4v) is 3.84. The van der Waals surface area contributed by atoms with E-state index in [4.69, 9.17) is 11.6 Å². The van der Waals surface area contributed by atoms with Crippen molar-refractivity contribution in [2.45, 2.75) is 51.5 Å². The molecule has 2 rings (SSSR count). The summed E-state index contributed by atoms with van der Waals surface area (Å²) in [5, 5.41) is 4.39.